The van der Waals surface area contributed by atoms with Crippen molar-refractivity contribution in [2.24, 2.45) is 0 Å². The maximum atomic E-state index is 13.7. The third-order valence-electron chi connectivity index (χ3n) is 2.55. The SMILES string of the molecule is C[C@@H](Cl)[C@](O)(COS(C)(=O)=O)c1ccc(F)cc1F. The summed E-state index contributed by atoms with van der Waals surface area (Å²) in [6.07, 6.45) is 0.785. The van der Waals surface area contributed by atoms with Crippen molar-refractivity contribution < 1.29 is 26.5 Å². The van der Waals surface area contributed by atoms with Gasteiger partial charge in [0.05, 0.1) is 11.6 Å². The minimum absolute atomic E-state index is 0.333. The van der Waals surface area contributed by atoms with Gasteiger partial charge in [-0.1, -0.05) is 6.07 Å². The number of benzene rings is 1. The fraction of sp³-hybridized carbons (Fsp3) is 0.455. The van der Waals surface area contributed by atoms with Gasteiger partial charge in [0.15, 0.2) is 0 Å². The molecule has 0 aliphatic heterocycles. The summed E-state index contributed by atoms with van der Waals surface area (Å²) < 4.78 is 52.8. The Hall–Kier alpha value is -0.760. The van der Waals surface area contributed by atoms with E-state index in [1.807, 2.05) is 0 Å². The van der Waals surface area contributed by atoms with Gasteiger partial charge in [-0.25, -0.2) is 8.78 Å². The van der Waals surface area contributed by atoms with E-state index in [0.717, 1.165) is 18.4 Å². The van der Waals surface area contributed by atoms with Crippen molar-refractivity contribution in [1.82, 2.24) is 0 Å². The number of aliphatic hydroxyl groups is 1. The number of alkyl halides is 1. The minimum Gasteiger partial charge on any atom is -0.381 e. The quantitative estimate of drug-likeness (QED) is 0.664. The highest BCUT2D eigenvalue weighted by Crippen LogP contribution is 2.31. The van der Waals surface area contributed by atoms with Gasteiger partial charge in [0.2, 0.25) is 0 Å². The zero-order chi connectivity index (χ0) is 14.8. The lowest BCUT2D eigenvalue weighted by atomic mass is 9.91. The molecule has 8 heteroatoms. The van der Waals surface area contributed by atoms with E-state index >= 15 is 0 Å². The first-order valence-corrected chi connectivity index (χ1v) is 7.48. The Kier molecular flexibility index (Phi) is 4.89. The Morgan fingerprint density at radius 3 is 2.47 bits per heavy atom. The second-order valence-corrected chi connectivity index (χ2v) is 6.43. The lowest BCUT2D eigenvalue weighted by Crippen LogP contribution is -2.41. The molecular weight excluding hydrogens is 302 g/mol. The first-order chi connectivity index (χ1) is 8.56. The molecule has 2 atom stereocenters. The van der Waals surface area contributed by atoms with Crippen LogP contribution in [0.3, 0.4) is 0 Å². The van der Waals surface area contributed by atoms with Crippen LogP contribution >= 0.6 is 11.6 Å². The van der Waals surface area contributed by atoms with E-state index < -0.39 is 39.3 Å². The summed E-state index contributed by atoms with van der Waals surface area (Å²) >= 11 is 5.77. The largest absolute Gasteiger partial charge is 0.381 e. The van der Waals surface area contributed by atoms with Crippen LogP contribution in [0.2, 0.25) is 0 Å². The van der Waals surface area contributed by atoms with E-state index in [1.165, 1.54) is 6.92 Å². The average Bonchev–Trinajstić information content (AvgIpc) is 2.24. The molecule has 0 unspecified atom stereocenters. The van der Waals surface area contributed by atoms with Gasteiger partial charge in [0.1, 0.15) is 23.8 Å². The molecule has 108 valence electrons. The molecule has 0 aromatic heterocycles. The van der Waals surface area contributed by atoms with Crippen LogP contribution in [0, 0.1) is 11.6 Å². The number of rotatable bonds is 5. The fourth-order valence-electron chi connectivity index (χ4n) is 1.44. The second-order valence-electron chi connectivity index (χ2n) is 4.13. The summed E-state index contributed by atoms with van der Waals surface area (Å²) in [5.41, 5.74) is -2.43. The van der Waals surface area contributed by atoms with Crippen molar-refractivity contribution in [2.75, 3.05) is 12.9 Å². The van der Waals surface area contributed by atoms with Crippen LogP contribution in [0.25, 0.3) is 0 Å². The van der Waals surface area contributed by atoms with Crippen molar-refractivity contribution in [3.63, 3.8) is 0 Å². The van der Waals surface area contributed by atoms with Crippen LogP contribution < -0.4 is 0 Å². The fourth-order valence-corrected chi connectivity index (χ4v) is 2.02. The molecule has 1 aromatic carbocycles. The van der Waals surface area contributed by atoms with E-state index in [1.54, 1.807) is 0 Å². The van der Waals surface area contributed by atoms with Crippen LogP contribution in [0.4, 0.5) is 8.78 Å². The van der Waals surface area contributed by atoms with Gasteiger partial charge in [-0.05, 0) is 13.0 Å². The summed E-state index contributed by atoms with van der Waals surface area (Å²) in [5.74, 6) is -1.86. The Morgan fingerprint density at radius 2 is 2.05 bits per heavy atom. The van der Waals surface area contributed by atoms with Gasteiger partial charge in [-0.15, -0.1) is 11.6 Å². The zero-order valence-corrected chi connectivity index (χ0v) is 11.8. The molecule has 1 aromatic rings. The van der Waals surface area contributed by atoms with Gasteiger partial charge >= 0.3 is 0 Å². The number of hydrogen-bond donors (Lipinski definition) is 1. The topological polar surface area (TPSA) is 63.6 Å². The Balaban J connectivity index is 3.18. The van der Waals surface area contributed by atoms with Crippen LogP contribution in [-0.2, 0) is 19.9 Å². The molecule has 0 heterocycles. The van der Waals surface area contributed by atoms with E-state index in [9.17, 15) is 22.3 Å². The van der Waals surface area contributed by atoms with Gasteiger partial charge < -0.3 is 5.11 Å². The average molecular weight is 315 g/mol. The van der Waals surface area contributed by atoms with Crippen molar-refractivity contribution in [3.8, 4) is 0 Å². The third kappa shape index (κ3) is 4.10. The van der Waals surface area contributed by atoms with Crippen molar-refractivity contribution >= 4 is 21.7 Å². The first kappa shape index (κ1) is 16.3. The molecule has 0 saturated heterocycles. The van der Waals surface area contributed by atoms with E-state index in [4.69, 9.17) is 11.6 Å². The van der Waals surface area contributed by atoms with Gasteiger partial charge in [-0.3, -0.25) is 4.18 Å². The summed E-state index contributed by atoms with van der Waals surface area (Å²) in [5, 5.41) is 9.25. The van der Waals surface area contributed by atoms with E-state index in [0.29, 0.717) is 6.07 Å². The summed E-state index contributed by atoms with van der Waals surface area (Å²) in [7, 11) is -3.84. The van der Waals surface area contributed by atoms with Crippen molar-refractivity contribution in [1.29, 1.82) is 0 Å². The Bertz CT molecular complexity index is 562. The van der Waals surface area contributed by atoms with Gasteiger partial charge in [0.25, 0.3) is 10.1 Å². The molecule has 0 saturated carbocycles. The van der Waals surface area contributed by atoms with Crippen LogP contribution in [0.5, 0.6) is 0 Å². The summed E-state index contributed by atoms with van der Waals surface area (Å²) in [6, 6.07) is 2.50. The molecule has 0 bridgehead atoms. The lowest BCUT2D eigenvalue weighted by molar-refractivity contribution is -0.0102. The van der Waals surface area contributed by atoms with Crippen molar-refractivity contribution in [2.45, 2.75) is 17.9 Å². The second kappa shape index (κ2) is 5.70. The molecule has 0 aliphatic carbocycles. The van der Waals surface area contributed by atoms with Crippen LogP contribution in [0.15, 0.2) is 18.2 Å². The maximum absolute atomic E-state index is 13.7. The Labute approximate surface area is 115 Å². The predicted molar refractivity (Wildman–Crippen MR) is 66.4 cm³/mol. The van der Waals surface area contributed by atoms with Crippen LogP contribution in [-0.4, -0.2) is 31.8 Å². The molecule has 19 heavy (non-hydrogen) atoms. The first-order valence-electron chi connectivity index (χ1n) is 5.22. The highest BCUT2D eigenvalue weighted by Gasteiger charge is 2.38. The highest BCUT2D eigenvalue weighted by atomic mass is 35.5. The highest BCUT2D eigenvalue weighted by molar-refractivity contribution is 7.85. The molecule has 0 spiro atoms. The third-order valence-corrected chi connectivity index (χ3v) is 3.46. The summed E-state index contributed by atoms with van der Waals surface area (Å²) in [6.45, 7) is 0.578. The number of hydrogen-bond acceptors (Lipinski definition) is 4. The van der Waals surface area contributed by atoms with Crippen molar-refractivity contribution in [3.05, 3.63) is 35.4 Å². The van der Waals surface area contributed by atoms with Gasteiger partial charge in [-0.2, -0.15) is 8.42 Å². The molecule has 0 radical (unpaired) electrons. The predicted octanol–water partition coefficient (Wildman–Crippen LogP) is 1.76. The molecular formula is C11H13ClF2O4S. The molecule has 1 N–H and O–H groups in total. The maximum Gasteiger partial charge on any atom is 0.264 e. The lowest BCUT2D eigenvalue weighted by Gasteiger charge is -2.30. The zero-order valence-electron chi connectivity index (χ0n) is 10.2. The molecule has 0 aliphatic rings. The van der Waals surface area contributed by atoms with Gasteiger partial charge in [0, 0.05) is 11.6 Å². The van der Waals surface area contributed by atoms with E-state index in [2.05, 4.69) is 4.18 Å². The summed E-state index contributed by atoms with van der Waals surface area (Å²) in [4.78, 5) is 0. The molecule has 1 rings (SSSR count). The standard InChI is InChI=1S/C11H13ClF2O4S/c1-7(12)11(15,6-18-19(2,16)17)9-4-3-8(13)5-10(9)14/h3-5,7,15H,6H2,1-2H3/t7-,11-/m1/s1. The molecule has 0 fully saturated rings. The van der Waals surface area contributed by atoms with Crippen LogP contribution in [0.1, 0.15) is 12.5 Å². The Morgan fingerprint density at radius 1 is 1.47 bits per heavy atom. The smallest absolute Gasteiger partial charge is 0.264 e. The number of halogens is 3. The monoisotopic (exact) mass is 314 g/mol. The molecule has 4 nitrogen and oxygen atoms in total. The minimum atomic E-state index is -3.84. The van der Waals surface area contributed by atoms with E-state index in [-0.39, 0.29) is 5.56 Å². The normalized spacial score (nSPS) is 16.9. The molecule has 0 amide bonds.